The highest BCUT2D eigenvalue weighted by atomic mass is 32.2. The van der Waals surface area contributed by atoms with Crippen LogP contribution in [0.2, 0.25) is 0 Å². The van der Waals surface area contributed by atoms with Gasteiger partial charge in [0.25, 0.3) is 0 Å². The fourth-order valence-electron chi connectivity index (χ4n) is 4.58. The van der Waals surface area contributed by atoms with Gasteiger partial charge in [-0.2, -0.15) is 16.9 Å². The molecule has 1 aliphatic heterocycles. The van der Waals surface area contributed by atoms with E-state index in [0.717, 1.165) is 20.6 Å². The summed E-state index contributed by atoms with van der Waals surface area (Å²) in [4.78, 5) is 37.8. The topological polar surface area (TPSA) is 133 Å². The summed E-state index contributed by atoms with van der Waals surface area (Å²) < 4.78 is 28.3. The Kier molecular flexibility index (Phi) is 8.63. The molecule has 1 fully saturated rings. The van der Waals surface area contributed by atoms with E-state index in [4.69, 9.17) is 0 Å². The van der Waals surface area contributed by atoms with Crippen LogP contribution in [0.5, 0.6) is 0 Å². The van der Waals surface area contributed by atoms with Gasteiger partial charge in [0.1, 0.15) is 12.1 Å². The Bertz CT molecular complexity index is 1490. The Labute approximate surface area is 233 Å². The molecule has 0 bridgehead atoms. The molecule has 3 aromatic rings. The van der Waals surface area contributed by atoms with Crippen molar-refractivity contribution in [1.82, 2.24) is 9.62 Å². The molecule has 206 valence electrons. The second kappa shape index (κ2) is 11.8. The van der Waals surface area contributed by atoms with Gasteiger partial charge in [-0.25, -0.2) is 8.42 Å². The fraction of sp³-hybridized carbons (Fsp3) is 0.321. The number of carboxylic acid groups (broad SMARTS) is 1. The first-order valence-corrected chi connectivity index (χ1v) is 14.5. The highest BCUT2D eigenvalue weighted by Crippen LogP contribution is 2.30. The molecule has 0 saturated carbocycles. The van der Waals surface area contributed by atoms with Gasteiger partial charge < -0.3 is 15.7 Å². The zero-order chi connectivity index (χ0) is 28.3. The molecule has 39 heavy (non-hydrogen) atoms. The van der Waals surface area contributed by atoms with Crippen molar-refractivity contribution in [1.29, 1.82) is 0 Å². The maximum Gasteiger partial charge on any atom is 0.305 e. The number of rotatable bonds is 9. The zero-order valence-electron chi connectivity index (χ0n) is 21.6. The molecule has 1 heterocycles. The fourth-order valence-corrected chi connectivity index (χ4v) is 6.75. The van der Waals surface area contributed by atoms with Crippen LogP contribution in [0.15, 0.2) is 71.6 Å². The first-order chi connectivity index (χ1) is 18.5. The third-order valence-electron chi connectivity index (χ3n) is 6.72. The number of aliphatic carboxylic acids is 1. The molecular formula is C28H31N3O6S2. The maximum atomic E-state index is 13.6. The van der Waals surface area contributed by atoms with Crippen LogP contribution in [-0.4, -0.2) is 59.5 Å². The highest BCUT2D eigenvalue weighted by Gasteiger charge is 2.44. The number of carbonyl (C=O) groups is 3. The SMILES string of the molecule is CC(C)c1ccc(NC(=O)[C@H](CC(=O)O)NC(=O)[C@@H]2C[C@@H](S)CN2S(=O)(=O)c2ccc3ccccc3c2)cc1. The quantitative estimate of drug-likeness (QED) is 0.291. The van der Waals surface area contributed by atoms with Crippen molar-refractivity contribution >= 4 is 56.9 Å². The number of carbonyl (C=O) groups excluding carboxylic acids is 2. The van der Waals surface area contributed by atoms with Gasteiger partial charge in [0.2, 0.25) is 21.8 Å². The van der Waals surface area contributed by atoms with Crippen molar-refractivity contribution in [2.45, 2.75) is 54.8 Å². The van der Waals surface area contributed by atoms with Gasteiger partial charge in [0.15, 0.2) is 0 Å². The minimum Gasteiger partial charge on any atom is -0.481 e. The summed E-state index contributed by atoms with van der Waals surface area (Å²) >= 11 is 4.42. The van der Waals surface area contributed by atoms with Crippen molar-refractivity contribution in [3.05, 3.63) is 72.3 Å². The number of anilines is 1. The predicted octanol–water partition coefficient (Wildman–Crippen LogP) is 3.62. The van der Waals surface area contributed by atoms with Crippen LogP contribution in [0.25, 0.3) is 10.8 Å². The minimum absolute atomic E-state index is 0.00560. The van der Waals surface area contributed by atoms with Crippen LogP contribution >= 0.6 is 12.6 Å². The molecule has 0 aliphatic carbocycles. The molecule has 4 rings (SSSR count). The number of fused-ring (bicyclic) bond motifs is 1. The lowest BCUT2D eigenvalue weighted by Crippen LogP contribution is -2.52. The second-order valence-electron chi connectivity index (χ2n) is 9.91. The normalized spacial score (nSPS) is 18.7. The van der Waals surface area contributed by atoms with Gasteiger partial charge in [-0.3, -0.25) is 14.4 Å². The lowest BCUT2D eigenvalue weighted by Gasteiger charge is -2.25. The van der Waals surface area contributed by atoms with Crippen molar-refractivity contribution in [2.75, 3.05) is 11.9 Å². The Balaban J connectivity index is 1.54. The van der Waals surface area contributed by atoms with Crippen molar-refractivity contribution in [3.8, 4) is 0 Å². The highest BCUT2D eigenvalue weighted by molar-refractivity contribution is 7.89. The summed E-state index contributed by atoms with van der Waals surface area (Å²) in [5.41, 5.74) is 1.52. The van der Waals surface area contributed by atoms with Crippen LogP contribution in [0.4, 0.5) is 5.69 Å². The molecule has 3 aromatic carbocycles. The molecule has 0 radical (unpaired) electrons. The van der Waals surface area contributed by atoms with Crippen LogP contribution < -0.4 is 10.6 Å². The number of hydrogen-bond acceptors (Lipinski definition) is 6. The van der Waals surface area contributed by atoms with Crippen LogP contribution in [0, 0.1) is 0 Å². The lowest BCUT2D eigenvalue weighted by molar-refractivity contribution is -0.140. The number of amides is 2. The number of nitrogens with one attached hydrogen (secondary N) is 2. The number of sulfonamides is 1. The molecule has 0 aromatic heterocycles. The van der Waals surface area contributed by atoms with Gasteiger partial charge in [-0.15, -0.1) is 0 Å². The summed E-state index contributed by atoms with van der Waals surface area (Å²) in [6.45, 7) is 4.07. The van der Waals surface area contributed by atoms with E-state index in [2.05, 4.69) is 23.3 Å². The van der Waals surface area contributed by atoms with Gasteiger partial charge >= 0.3 is 5.97 Å². The van der Waals surface area contributed by atoms with Crippen LogP contribution in [-0.2, 0) is 24.4 Å². The van der Waals surface area contributed by atoms with Gasteiger partial charge in [0.05, 0.1) is 11.3 Å². The van der Waals surface area contributed by atoms with E-state index in [1.54, 1.807) is 36.4 Å². The molecule has 1 saturated heterocycles. The van der Waals surface area contributed by atoms with E-state index >= 15 is 0 Å². The first kappa shape index (κ1) is 28.6. The number of nitrogens with zero attached hydrogens (tertiary/aromatic N) is 1. The zero-order valence-corrected chi connectivity index (χ0v) is 23.3. The molecule has 0 unspecified atom stereocenters. The molecule has 11 heteroatoms. The number of carboxylic acids is 1. The Morgan fingerprint density at radius 2 is 1.69 bits per heavy atom. The van der Waals surface area contributed by atoms with E-state index < -0.39 is 51.6 Å². The first-order valence-electron chi connectivity index (χ1n) is 12.6. The van der Waals surface area contributed by atoms with Crippen LogP contribution in [0.3, 0.4) is 0 Å². The third kappa shape index (κ3) is 6.60. The number of thiol groups is 1. The Morgan fingerprint density at radius 3 is 2.33 bits per heavy atom. The molecule has 3 atom stereocenters. The summed E-state index contributed by atoms with van der Waals surface area (Å²) in [6, 6.07) is 16.6. The molecule has 3 N–H and O–H groups in total. The smallest absolute Gasteiger partial charge is 0.305 e. The average Bonchev–Trinajstić information content (AvgIpc) is 3.30. The van der Waals surface area contributed by atoms with E-state index in [9.17, 15) is 27.9 Å². The van der Waals surface area contributed by atoms with Crippen LogP contribution in [0.1, 0.15) is 38.2 Å². The Morgan fingerprint density at radius 1 is 1.03 bits per heavy atom. The average molecular weight is 570 g/mol. The molecule has 0 spiro atoms. The second-order valence-corrected chi connectivity index (χ2v) is 12.5. The summed E-state index contributed by atoms with van der Waals surface area (Å²) in [7, 11) is -4.09. The number of hydrogen-bond donors (Lipinski definition) is 4. The van der Waals surface area contributed by atoms with E-state index in [1.807, 2.05) is 38.1 Å². The van der Waals surface area contributed by atoms with E-state index in [-0.39, 0.29) is 17.9 Å². The Hall–Kier alpha value is -3.41. The van der Waals surface area contributed by atoms with Crippen molar-refractivity contribution < 1.29 is 27.9 Å². The monoisotopic (exact) mass is 569 g/mol. The molecule has 1 aliphatic rings. The standard InChI is InChI=1S/C28H31N3O6S2/c1-17(2)18-7-10-21(11-8-18)29-27(34)24(15-26(32)33)30-28(35)25-14-22(38)16-31(25)39(36,37)23-12-9-19-5-3-4-6-20(19)13-23/h3-13,17,22,24-25,38H,14-16H2,1-2H3,(H,29,34)(H,30,35)(H,32,33)/t22-,24+,25+/m1/s1. The molecule has 2 amide bonds. The van der Waals surface area contributed by atoms with Crippen molar-refractivity contribution in [2.24, 2.45) is 0 Å². The van der Waals surface area contributed by atoms with E-state index in [0.29, 0.717) is 11.6 Å². The third-order valence-corrected chi connectivity index (χ3v) is 8.97. The van der Waals surface area contributed by atoms with Gasteiger partial charge in [-0.05, 0) is 52.9 Å². The van der Waals surface area contributed by atoms with Gasteiger partial charge in [0, 0.05) is 17.5 Å². The van der Waals surface area contributed by atoms with Crippen molar-refractivity contribution in [3.63, 3.8) is 0 Å². The summed E-state index contributed by atoms with van der Waals surface area (Å²) in [5.74, 6) is -2.46. The largest absolute Gasteiger partial charge is 0.481 e. The molecular weight excluding hydrogens is 538 g/mol. The van der Waals surface area contributed by atoms with E-state index in [1.165, 1.54) is 6.07 Å². The predicted molar refractivity (Wildman–Crippen MR) is 152 cm³/mol. The number of benzene rings is 3. The molecule has 9 nitrogen and oxygen atoms in total. The minimum atomic E-state index is -4.09. The summed E-state index contributed by atoms with van der Waals surface area (Å²) in [5, 5.41) is 15.7. The maximum absolute atomic E-state index is 13.6. The van der Waals surface area contributed by atoms with Gasteiger partial charge in [-0.1, -0.05) is 56.3 Å². The lowest BCUT2D eigenvalue weighted by atomic mass is 10.0. The summed E-state index contributed by atoms with van der Waals surface area (Å²) in [6.07, 6.45) is -0.560.